The molecule has 0 unspecified atom stereocenters. The Morgan fingerprint density at radius 3 is 2.35 bits per heavy atom. The summed E-state index contributed by atoms with van der Waals surface area (Å²) in [5, 5.41) is 0. The van der Waals surface area contributed by atoms with Crippen LogP contribution < -0.4 is 0 Å². The lowest BCUT2D eigenvalue weighted by Crippen LogP contribution is -2.04. The van der Waals surface area contributed by atoms with Crippen LogP contribution in [0.2, 0.25) is 0 Å². The van der Waals surface area contributed by atoms with Crippen molar-refractivity contribution in [2.75, 3.05) is 0 Å². The van der Waals surface area contributed by atoms with E-state index < -0.39 is 11.7 Å². The fourth-order valence-corrected chi connectivity index (χ4v) is 2.12. The molecule has 0 spiro atoms. The van der Waals surface area contributed by atoms with Crippen LogP contribution in [0.25, 0.3) is 16.9 Å². The van der Waals surface area contributed by atoms with E-state index >= 15 is 0 Å². The van der Waals surface area contributed by atoms with Crippen LogP contribution in [-0.2, 0) is 6.18 Å². The number of aromatic nitrogens is 2. The van der Waals surface area contributed by atoms with E-state index in [-0.39, 0.29) is 0 Å². The fraction of sp³-hybridized carbons (Fsp3) is 0.133. The van der Waals surface area contributed by atoms with Gasteiger partial charge in [0.25, 0.3) is 0 Å². The Bertz CT molecular complexity index is 755. The van der Waals surface area contributed by atoms with Crippen molar-refractivity contribution in [3.63, 3.8) is 0 Å². The van der Waals surface area contributed by atoms with Crippen LogP contribution in [0.1, 0.15) is 11.1 Å². The molecule has 0 radical (unpaired) electrons. The molecule has 0 bridgehead atoms. The second-order valence-corrected chi connectivity index (χ2v) is 4.66. The zero-order valence-corrected chi connectivity index (χ0v) is 10.6. The molecule has 0 N–H and O–H groups in total. The van der Waals surface area contributed by atoms with E-state index in [1.165, 1.54) is 12.1 Å². The number of pyridine rings is 1. The molecule has 0 aliphatic heterocycles. The summed E-state index contributed by atoms with van der Waals surface area (Å²) in [5.74, 6) is 0.637. The molecule has 3 rings (SSSR count). The summed E-state index contributed by atoms with van der Waals surface area (Å²) in [7, 11) is 0. The van der Waals surface area contributed by atoms with Crippen LogP contribution in [0, 0.1) is 6.92 Å². The molecule has 2 heterocycles. The van der Waals surface area contributed by atoms with E-state index in [0.29, 0.717) is 11.4 Å². The molecule has 0 amide bonds. The second-order valence-electron chi connectivity index (χ2n) is 4.66. The largest absolute Gasteiger partial charge is 0.416 e. The predicted molar refractivity (Wildman–Crippen MR) is 70.4 cm³/mol. The normalized spacial score (nSPS) is 12.0. The number of fused-ring (bicyclic) bond motifs is 1. The van der Waals surface area contributed by atoms with Crippen LogP contribution in [0.4, 0.5) is 13.2 Å². The van der Waals surface area contributed by atoms with Gasteiger partial charge in [-0.25, -0.2) is 4.98 Å². The van der Waals surface area contributed by atoms with Gasteiger partial charge in [0.1, 0.15) is 5.82 Å². The van der Waals surface area contributed by atoms with Crippen LogP contribution in [0.15, 0.2) is 48.8 Å². The summed E-state index contributed by atoms with van der Waals surface area (Å²) in [6, 6.07) is 8.93. The Morgan fingerprint density at radius 2 is 1.70 bits per heavy atom. The van der Waals surface area contributed by atoms with Gasteiger partial charge >= 0.3 is 6.18 Å². The Balaban J connectivity index is 2.09. The van der Waals surface area contributed by atoms with Crippen LogP contribution in [-0.4, -0.2) is 9.38 Å². The first-order valence-electron chi connectivity index (χ1n) is 6.06. The van der Waals surface area contributed by atoms with Crippen LogP contribution in [0.5, 0.6) is 0 Å². The van der Waals surface area contributed by atoms with E-state index in [9.17, 15) is 13.2 Å². The van der Waals surface area contributed by atoms with Crippen molar-refractivity contribution in [3.05, 3.63) is 59.9 Å². The van der Waals surface area contributed by atoms with Crippen molar-refractivity contribution in [2.45, 2.75) is 13.1 Å². The summed E-state index contributed by atoms with van der Waals surface area (Å²) in [5.41, 5.74) is 1.97. The molecule has 2 aromatic heterocycles. The number of aryl methyl sites for hydroxylation is 1. The van der Waals surface area contributed by atoms with Gasteiger partial charge in [-0.2, -0.15) is 13.2 Å². The second kappa shape index (κ2) is 4.37. The molecule has 1 aromatic carbocycles. The molecule has 0 saturated heterocycles. The van der Waals surface area contributed by atoms with Gasteiger partial charge in [0.05, 0.1) is 17.3 Å². The first-order valence-corrected chi connectivity index (χ1v) is 6.06. The molecule has 0 atom stereocenters. The number of halogens is 3. The molecule has 102 valence electrons. The third kappa shape index (κ3) is 2.15. The zero-order valence-electron chi connectivity index (χ0n) is 10.6. The molecule has 20 heavy (non-hydrogen) atoms. The monoisotopic (exact) mass is 276 g/mol. The third-order valence-electron chi connectivity index (χ3n) is 3.15. The van der Waals surface area contributed by atoms with Crippen molar-refractivity contribution in [2.24, 2.45) is 0 Å². The zero-order chi connectivity index (χ0) is 14.3. The standard InChI is InChI=1S/C15H11F3N2/c1-10-2-7-13-8-19-14(20(13)9-10)11-3-5-12(6-4-11)15(16,17)18/h2-9H,1H3. The van der Waals surface area contributed by atoms with Gasteiger partial charge in [0.2, 0.25) is 0 Å². The molecular formula is C15H11F3N2. The Hall–Kier alpha value is -2.30. The third-order valence-corrected chi connectivity index (χ3v) is 3.15. The summed E-state index contributed by atoms with van der Waals surface area (Å²) in [4.78, 5) is 4.28. The molecule has 0 aliphatic carbocycles. The first-order chi connectivity index (χ1) is 9.45. The summed E-state index contributed by atoms with van der Waals surface area (Å²) < 4.78 is 39.5. The minimum atomic E-state index is -4.32. The maximum absolute atomic E-state index is 12.5. The molecule has 0 fully saturated rings. The molecular weight excluding hydrogens is 265 g/mol. The average molecular weight is 276 g/mol. The Labute approximate surface area is 113 Å². The number of imidazole rings is 1. The Morgan fingerprint density at radius 1 is 1.00 bits per heavy atom. The van der Waals surface area contributed by atoms with Crippen molar-refractivity contribution in [1.29, 1.82) is 0 Å². The smallest absolute Gasteiger partial charge is 0.300 e. The molecule has 2 nitrogen and oxygen atoms in total. The molecule has 0 aliphatic rings. The Kier molecular flexibility index (Phi) is 2.78. The topological polar surface area (TPSA) is 17.3 Å². The minimum absolute atomic E-state index is 0.637. The lowest BCUT2D eigenvalue weighted by atomic mass is 10.1. The quantitative estimate of drug-likeness (QED) is 0.646. The van der Waals surface area contributed by atoms with Gasteiger partial charge in [-0.15, -0.1) is 0 Å². The number of hydrogen-bond donors (Lipinski definition) is 0. The van der Waals surface area contributed by atoms with Crippen molar-refractivity contribution >= 4 is 5.52 Å². The van der Waals surface area contributed by atoms with Gasteiger partial charge in [0, 0.05) is 11.8 Å². The van der Waals surface area contributed by atoms with Gasteiger partial charge in [0.15, 0.2) is 0 Å². The highest BCUT2D eigenvalue weighted by Gasteiger charge is 2.30. The maximum atomic E-state index is 12.5. The van der Waals surface area contributed by atoms with Gasteiger partial charge in [-0.3, -0.25) is 4.40 Å². The number of rotatable bonds is 1. The van der Waals surface area contributed by atoms with Crippen molar-refractivity contribution < 1.29 is 13.2 Å². The fourth-order valence-electron chi connectivity index (χ4n) is 2.12. The predicted octanol–water partition coefficient (Wildman–Crippen LogP) is 4.33. The highest BCUT2D eigenvalue weighted by molar-refractivity contribution is 5.62. The number of hydrogen-bond acceptors (Lipinski definition) is 1. The van der Waals surface area contributed by atoms with Crippen molar-refractivity contribution in [1.82, 2.24) is 9.38 Å². The summed E-state index contributed by atoms with van der Waals surface area (Å²) >= 11 is 0. The van der Waals surface area contributed by atoms with E-state index in [2.05, 4.69) is 4.98 Å². The van der Waals surface area contributed by atoms with Crippen LogP contribution in [0.3, 0.4) is 0 Å². The maximum Gasteiger partial charge on any atom is 0.416 e. The number of benzene rings is 1. The molecule has 5 heteroatoms. The highest BCUT2D eigenvalue weighted by atomic mass is 19.4. The highest BCUT2D eigenvalue weighted by Crippen LogP contribution is 2.30. The molecule has 0 saturated carbocycles. The molecule has 3 aromatic rings. The van der Waals surface area contributed by atoms with Crippen LogP contribution >= 0.6 is 0 Å². The SMILES string of the molecule is Cc1ccc2cnc(-c3ccc(C(F)(F)F)cc3)n2c1. The first kappa shape index (κ1) is 12.7. The van der Waals surface area contributed by atoms with E-state index in [1.54, 1.807) is 6.20 Å². The van der Waals surface area contributed by atoms with Gasteiger partial charge in [-0.1, -0.05) is 18.2 Å². The van der Waals surface area contributed by atoms with Crippen molar-refractivity contribution in [3.8, 4) is 11.4 Å². The lowest BCUT2D eigenvalue weighted by Gasteiger charge is -2.07. The summed E-state index contributed by atoms with van der Waals surface area (Å²) in [6.45, 7) is 1.95. The van der Waals surface area contributed by atoms with E-state index in [0.717, 1.165) is 23.2 Å². The van der Waals surface area contributed by atoms with Gasteiger partial charge < -0.3 is 0 Å². The number of nitrogens with zero attached hydrogens (tertiary/aromatic N) is 2. The summed E-state index contributed by atoms with van der Waals surface area (Å²) in [6.07, 6.45) is -0.703. The van der Waals surface area contributed by atoms with E-state index in [1.807, 2.05) is 29.7 Å². The minimum Gasteiger partial charge on any atom is -0.300 e. The number of alkyl halides is 3. The van der Waals surface area contributed by atoms with E-state index in [4.69, 9.17) is 0 Å². The lowest BCUT2D eigenvalue weighted by molar-refractivity contribution is -0.137. The van der Waals surface area contributed by atoms with Gasteiger partial charge in [-0.05, 0) is 30.7 Å². The average Bonchev–Trinajstić information content (AvgIpc) is 2.81.